The monoisotopic (exact) mass is 322 g/mol. The molecule has 1 heterocycles. The van der Waals surface area contributed by atoms with Crippen LogP contribution in [-0.4, -0.2) is 18.4 Å². The minimum Gasteiger partial charge on any atom is -0.451 e. The highest BCUT2D eigenvalue weighted by Crippen LogP contribution is 2.12. The molecule has 0 spiro atoms. The number of hydrogen-bond donors (Lipinski definition) is 0. The Morgan fingerprint density at radius 3 is 2.50 bits per heavy atom. The van der Waals surface area contributed by atoms with Crippen molar-refractivity contribution in [2.24, 2.45) is 0 Å². The van der Waals surface area contributed by atoms with Gasteiger partial charge in [-0.05, 0) is 19.1 Å². The van der Waals surface area contributed by atoms with E-state index in [4.69, 9.17) is 9.15 Å². The van der Waals surface area contributed by atoms with Crippen molar-refractivity contribution in [2.45, 2.75) is 6.92 Å². The molecule has 0 fully saturated rings. The first-order chi connectivity index (χ1) is 11.5. The molecule has 0 aliphatic rings. The fraction of sp³-hybridized carbons (Fsp3) is 0.105. The van der Waals surface area contributed by atoms with E-state index in [0.717, 1.165) is 11.6 Å². The number of Topliss-reactive ketones (excluding diaryl/α,β-unsaturated/α-hetero) is 1. The fourth-order valence-electron chi connectivity index (χ4n) is 2.23. The lowest BCUT2D eigenvalue weighted by Gasteiger charge is -2.05. The molecule has 0 aliphatic carbocycles. The molecule has 0 amide bonds. The zero-order valence-corrected chi connectivity index (χ0v) is 12.9. The molecule has 0 saturated carbocycles. The second-order valence-corrected chi connectivity index (χ2v) is 5.34. The van der Waals surface area contributed by atoms with Crippen LogP contribution in [0.4, 0.5) is 0 Å². The summed E-state index contributed by atoms with van der Waals surface area (Å²) in [5.41, 5.74) is 1.44. The van der Waals surface area contributed by atoms with Crippen LogP contribution in [0.1, 0.15) is 26.5 Å². The maximum Gasteiger partial charge on any atom is 0.374 e. The number of esters is 1. The Hall–Kier alpha value is -3.21. The predicted molar refractivity (Wildman–Crippen MR) is 88.3 cm³/mol. The van der Waals surface area contributed by atoms with Gasteiger partial charge in [0.1, 0.15) is 5.58 Å². The molecule has 120 valence electrons. The number of carbonyl (C=O) groups is 2. The Morgan fingerprint density at radius 1 is 1.04 bits per heavy atom. The number of ketones is 1. The lowest BCUT2D eigenvalue weighted by atomic mass is 10.1. The van der Waals surface area contributed by atoms with Crippen LogP contribution < -0.4 is 5.43 Å². The largest absolute Gasteiger partial charge is 0.451 e. The highest BCUT2D eigenvalue weighted by molar-refractivity contribution is 5.99. The van der Waals surface area contributed by atoms with Gasteiger partial charge in [-0.3, -0.25) is 9.59 Å². The van der Waals surface area contributed by atoms with E-state index < -0.39 is 12.6 Å². The Labute approximate surface area is 137 Å². The molecule has 5 nitrogen and oxygen atoms in total. The van der Waals surface area contributed by atoms with E-state index >= 15 is 0 Å². The number of rotatable bonds is 4. The molecule has 3 aromatic rings. The van der Waals surface area contributed by atoms with Crippen molar-refractivity contribution in [2.75, 3.05) is 6.61 Å². The number of hydrogen-bond acceptors (Lipinski definition) is 5. The molecule has 0 unspecified atom stereocenters. The van der Waals surface area contributed by atoms with Crippen molar-refractivity contribution in [3.05, 3.63) is 81.7 Å². The Balaban J connectivity index is 1.74. The van der Waals surface area contributed by atoms with Gasteiger partial charge in [0.2, 0.25) is 5.76 Å². The fourth-order valence-corrected chi connectivity index (χ4v) is 2.23. The zero-order chi connectivity index (χ0) is 17.1. The van der Waals surface area contributed by atoms with Crippen LogP contribution in [0.5, 0.6) is 0 Å². The van der Waals surface area contributed by atoms with Gasteiger partial charge in [0.15, 0.2) is 17.8 Å². The molecule has 24 heavy (non-hydrogen) atoms. The number of carbonyl (C=O) groups excluding carboxylic acids is 2. The third kappa shape index (κ3) is 3.25. The number of fused-ring (bicyclic) bond motifs is 1. The van der Waals surface area contributed by atoms with Crippen molar-refractivity contribution in [1.29, 1.82) is 0 Å². The van der Waals surface area contributed by atoms with Gasteiger partial charge < -0.3 is 9.15 Å². The lowest BCUT2D eigenvalue weighted by Crippen LogP contribution is -2.15. The molecule has 0 N–H and O–H groups in total. The number of benzene rings is 2. The van der Waals surface area contributed by atoms with E-state index in [0.29, 0.717) is 16.5 Å². The van der Waals surface area contributed by atoms with Gasteiger partial charge >= 0.3 is 5.97 Å². The van der Waals surface area contributed by atoms with Gasteiger partial charge in [0.05, 0.1) is 5.39 Å². The maximum atomic E-state index is 12.0. The molecule has 5 heteroatoms. The first kappa shape index (κ1) is 15.7. The first-order valence-corrected chi connectivity index (χ1v) is 7.34. The normalized spacial score (nSPS) is 10.5. The van der Waals surface area contributed by atoms with Crippen molar-refractivity contribution >= 4 is 22.7 Å². The minimum atomic E-state index is -0.849. The quantitative estimate of drug-likeness (QED) is 0.545. The summed E-state index contributed by atoms with van der Waals surface area (Å²) in [6, 6.07) is 14.6. The smallest absolute Gasteiger partial charge is 0.374 e. The molecule has 2 aromatic carbocycles. The third-order valence-corrected chi connectivity index (χ3v) is 3.54. The minimum absolute atomic E-state index is 0.226. The van der Waals surface area contributed by atoms with E-state index in [1.54, 1.807) is 48.5 Å². The van der Waals surface area contributed by atoms with Crippen molar-refractivity contribution < 1.29 is 18.7 Å². The second kappa shape index (κ2) is 6.50. The average molecular weight is 322 g/mol. The number of para-hydroxylation sites is 1. The van der Waals surface area contributed by atoms with Crippen LogP contribution >= 0.6 is 0 Å². The second-order valence-electron chi connectivity index (χ2n) is 5.34. The standard InChI is InChI=1S/C19H14O5/c1-12-6-8-13(9-7-12)16(21)11-23-19(22)18-10-15(20)14-4-2-3-5-17(14)24-18/h2-10H,11H2,1H3. The summed E-state index contributed by atoms with van der Waals surface area (Å²) in [6.07, 6.45) is 0. The predicted octanol–water partition coefficient (Wildman–Crippen LogP) is 3.14. The summed E-state index contributed by atoms with van der Waals surface area (Å²) in [7, 11) is 0. The zero-order valence-electron chi connectivity index (χ0n) is 12.9. The summed E-state index contributed by atoms with van der Waals surface area (Å²) in [5, 5.41) is 0.379. The molecule has 0 atom stereocenters. The molecule has 3 rings (SSSR count). The maximum absolute atomic E-state index is 12.0. The van der Waals surface area contributed by atoms with Gasteiger partial charge in [-0.2, -0.15) is 0 Å². The van der Waals surface area contributed by atoms with E-state index in [1.165, 1.54) is 0 Å². The van der Waals surface area contributed by atoms with Crippen LogP contribution in [-0.2, 0) is 4.74 Å². The van der Waals surface area contributed by atoms with Gasteiger partial charge in [0.25, 0.3) is 0 Å². The van der Waals surface area contributed by atoms with Crippen molar-refractivity contribution in [3.8, 4) is 0 Å². The first-order valence-electron chi connectivity index (χ1n) is 7.34. The highest BCUT2D eigenvalue weighted by Gasteiger charge is 2.16. The molecule has 0 saturated heterocycles. The lowest BCUT2D eigenvalue weighted by molar-refractivity contribution is 0.0444. The van der Waals surface area contributed by atoms with Crippen molar-refractivity contribution in [1.82, 2.24) is 0 Å². The molecular weight excluding hydrogens is 308 g/mol. The van der Waals surface area contributed by atoms with Crippen LogP contribution in [0.25, 0.3) is 11.0 Å². The molecule has 0 bridgehead atoms. The Bertz CT molecular complexity index is 967. The van der Waals surface area contributed by atoms with Gasteiger partial charge in [-0.25, -0.2) is 4.79 Å². The van der Waals surface area contributed by atoms with Crippen LogP contribution in [0, 0.1) is 6.92 Å². The van der Waals surface area contributed by atoms with Gasteiger partial charge in [-0.15, -0.1) is 0 Å². The summed E-state index contributed by atoms with van der Waals surface area (Å²) >= 11 is 0. The Morgan fingerprint density at radius 2 is 1.75 bits per heavy atom. The highest BCUT2D eigenvalue weighted by atomic mass is 16.5. The topological polar surface area (TPSA) is 73.6 Å². The van der Waals surface area contributed by atoms with E-state index in [9.17, 15) is 14.4 Å². The molecule has 0 radical (unpaired) electrons. The number of aryl methyl sites for hydroxylation is 1. The summed E-state index contributed by atoms with van der Waals surface area (Å²) in [6.45, 7) is 1.49. The van der Waals surface area contributed by atoms with Crippen LogP contribution in [0.3, 0.4) is 0 Å². The molecule has 0 aliphatic heterocycles. The van der Waals surface area contributed by atoms with E-state index in [2.05, 4.69) is 0 Å². The third-order valence-electron chi connectivity index (χ3n) is 3.54. The SMILES string of the molecule is Cc1ccc(C(=O)COC(=O)c2cc(=O)c3ccccc3o2)cc1. The van der Waals surface area contributed by atoms with Gasteiger partial charge in [0, 0.05) is 11.6 Å². The van der Waals surface area contributed by atoms with Gasteiger partial charge in [-0.1, -0.05) is 42.0 Å². The summed E-state index contributed by atoms with van der Waals surface area (Å²) in [5.74, 6) is -1.40. The average Bonchev–Trinajstić information content (AvgIpc) is 2.60. The van der Waals surface area contributed by atoms with Crippen LogP contribution in [0.2, 0.25) is 0 Å². The van der Waals surface area contributed by atoms with E-state index in [1.807, 2.05) is 6.92 Å². The Kier molecular flexibility index (Phi) is 4.24. The van der Waals surface area contributed by atoms with Crippen LogP contribution in [0.15, 0.2) is 63.8 Å². The number of ether oxygens (including phenoxy) is 1. The van der Waals surface area contributed by atoms with E-state index in [-0.39, 0.29) is 17.0 Å². The molecular formula is C19H14O5. The summed E-state index contributed by atoms with van der Waals surface area (Å²) in [4.78, 5) is 36.0. The van der Waals surface area contributed by atoms with Crippen molar-refractivity contribution in [3.63, 3.8) is 0 Å². The summed E-state index contributed by atoms with van der Waals surface area (Å²) < 4.78 is 10.3. The molecule has 1 aromatic heterocycles.